The number of carboxylic acids is 1. The number of carbonyl (C=O) groups is 2. The first-order valence-electron chi connectivity index (χ1n) is 6.05. The van der Waals surface area contributed by atoms with E-state index in [1.54, 1.807) is 16.8 Å². The first-order chi connectivity index (χ1) is 9.88. The fourth-order valence-electron chi connectivity index (χ4n) is 1.94. The molecular weight excluding hydrogens is 360 g/mol. The van der Waals surface area contributed by atoms with Crippen molar-refractivity contribution in [3.63, 3.8) is 0 Å². The second kappa shape index (κ2) is 6.44. The number of aromatic nitrogens is 3. The van der Waals surface area contributed by atoms with Crippen molar-refractivity contribution >= 4 is 50.7 Å². The van der Waals surface area contributed by atoms with Crippen molar-refractivity contribution in [1.29, 1.82) is 0 Å². The van der Waals surface area contributed by atoms with Gasteiger partial charge >= 0.3 is 5.97 Å². The molecule has 1 atom stereocenters. The number of hydrogen-bond acceptors (Lipinski definition) is 5. The van der Waals surface area contributed by atoms with E-state index in [9.17, 15) is 9.59 Å². The Hall–Kier alpha value is -1.61. The molecule has 7 nitrogen and oxygen atoms in total. The molecule has 1 amide bonds. The second-order valence-corrected chi connectivity index (χ2v) is 6.32. The highest BCUT2D eigenvalue weighted by Crippen LogP contribution is 2.29. The van der Waals surface area contributed by atoms with Gasteiger partial charge in [-0.2, -0.15) is 0 Å². The normalized spacial score (nSPS) is 12.5. The first kappa shape index (κ1) is 15.8. The molecule has 0 spiro atoms. The van der Waals surface area contributed by atoms with E-state index in [1.165, 1.54) is 0 Å². The number of hydrogen-bond donors (Lipinski definition) is 2. The number of amides is 1. The average Bonchev–Trinajstić information content (AvgIpc) is 2.72. The number of thioether (sulfide) groups is 1. The van der Waals surface area contributed by atoms with Gasteiger partial charge < -0.3 is 15.4 Å². The molecule has 2 aromatic heterocycles. The van der Waals surface area contributed by atoms with Crippen LogP contribution >= 0.6 is 27.7 Å². The number of pyridine rings is 1. The van der Waals surface area contributed by atoms with Gasteiger partial charge in [0.15, 0.2) is 10.8 Å². The van der Waals surface area contributed by atoms with Crippen molar-refractivity contribution in [3.05, 3.63) is 16.7 Å². The minimum atomic E-state index is -0.935. The van der Waals surface area contributed by atoms with E-state index < -0.39 is 11.9 Å². The average molecular weight is 373 g/mol. The molecule has 3 N–H and O–H groups in total. The van der Waals surface area contributed by atoms with Crippen LogP contribution < -0.4 is 5.73 Å². The molecule has 0 fully saturated rings. The number of halogens is 1. The second-order valence-electron chi connectivity index (χ2n) is 4.46. The molecule has 0 aliphatic rings. The van der Waals surface area contributed by atoms with Crippen molar-refractivity contribution < 1.29 is 14.7 Å². The molecule has 112 valence electrons. The van der Waals surface area contributed by atoms with E-state index in [-0.39, 0.29) is 18.2 Å². The molecule has 0 saturated carbocycles. The Morgan fingerprint density at radius 2 is 2.29 bits per heavy atom. The molecule has 2 aromatic rings. The van der Waals surface area contributed by atoms with E-state index in [4.69, 9.17) is 10.8 Å². The summed E-state index contributed by atoms with van der Waals surface area (Å²) < 4.78 is 2.53. The molecule has 21 heavy (non-hydrogen) atoms. The van der Waals surface area contributed by atoms with Crippen molar-refractivity contribution in [1.82, 2.24) is 14.5 Å². The number of fused-ring (bicyclic) bond motifs is 1. The van der Waals surface area contributed by atoms with Crippen LogP contribution in [0.5, 0.6) is 0 Å². The Morgan fingerprint density at radius 1 is 1.57 bits per heavy atom. The van der Waals surface area contributed by atoms with Crippen LogP contribution in [0.2, 0.25) is 0 Å². The summed E-state index contributed by atoms with van der Waals surface area (Å²) in [6.07, 6.45) is 1.76. The molecule has 0 aromatic carbocycles. The third-order valence-electron chi connectivity index (χ3n) is 2.73. The summed E-state index contributed by atoms with van der Waals surface area (Å²) in [5.41, 5.74) is 6.47. The lowest BCUT2D eigenvalue weighted by atomic mass is 10.2. The van der Waals surface area contributed by atoms with E-state index in [2.05, 4.69) is 25.9 Å². The zero-order valence-corrected chi connectivity index (χ0v) is 13.5. The molecule has 0 aliphatic carbocycles. The van der Waals surface area contributed by atoms with E-state index >= 15 is 0 Å². The smallest absolute Gasteiger partial charge is 0.313 e. The highest BCUT2D eigenvalue weighted by atomic mass is 79.9. The van der Waals surface area contributed by atoms with Gasteiger partial charge in [0, 0.05) is 23.1 Å². The summed E-state index contributed by atoms with van der Waals surface area (Å²) in [6.45, 7) is 1.82. The van der Waals surface area contributed by atoms with Crippen LogP contribution in [0.3, 0.4) is 0 Å². The Balaban J connectivity index is 2.48. The van der Waals surface area contributed by atoms with Gasteiger partial charge in [0.25, 0.3) is 0 Å². The van der Waals surface area contributed by atoms with E-state index in [0.717, 1.165) is 16.2 Å². The lowest BCUT2D eigenvalue weighted by Crippen LogP contribution is -2.18. The number of nitrogens with two attached hydrogens (primary N) is 1. The van der Waals surface area contributed by atoms with Gasteiger partial charge in [-0.15, -0.1) is 0 Å². The number of carboxylic acid groups (broad SMARTS) is 1. The quantitative estimate of drug-likeness (QED) is 0.747. The lowest BCUT2D eigenvalue weighted by Gasteiger charge is -2.14. The number of rotatable bonds is 6. The summed E-state index contributed by atoms with van der Waals surface area (Å²) in [5, 5.41) is 9.32. The Kier molecular flexibility index (Phi) is 4.84. The van der Waals surface area contributed by atoms with Gasteiger partial charge in [-0.1, -0.05) is 11.8 Å². The van der Waals surface area contributed by atoms with Crippen LogP contribution in [0.15, 0.2) is 21.9 Å². The summed E-state index contributed by atoms with van der Waals surface area (Å²) in [7, 11) is 0. The maximum absolute atomic E-state index is 11.1. The largest absolute Gasteiger partial charge is 0.481 e. The molecule has 1 unspecified atom stereocenters. The van der Waals surface area contributed by atoms with Crippen LogP contribution in [0.1, 0.15) is 19.4 Å². The van der Waals surface area contributed by atoms with Crippen molar-refractivity contribution in [2.75, 3.05) is 5.75 Å². The minimum absolute atomic E-state index is 0.117. The fraction of sp³-hybridized carbons (Fsp3) is 0.333. The first-order valence-corrected chi connectivity index (χ1v) is 7.82. The Labute approximate surface area is 133 Å². The van der Waals surface area contributed by atoms with Gasteiger partial charge in [-0.3, -0.25) is 9.59 Å². The molecule has 0 radical (unpaired) electrons. The number of carbonyl (C=O) groups excluding carboxylic acids is 1. The number of nitrogens with zero attached hydrogens (tertiary/aromatic N) is 3. The lowest BCUT2D eigenvalue weighted by molar-refractivity contribution is -0.134. The summed E-state index contributed by atoms with van der Waals surface area (Å²) in [6, 6.07) is 1.54. The Bertz CT molecular complexity index is 703. The predicted octanol–water partition coefficient (Wildman–Crippen LogP) is 1.81. The third-order valence-corrected chi connectivity index (χ3v) is 4.10. The van der Waals surface area contributed by atoms with Gasteiger partial charge in [-0.25, -0.2) is 9.97 Å². The maximum Gasteiger partial charge on any atom is 0.313 e. The fourth-order valence-corrected chi connectivity index (χ4v) is 3.08. The van der Waals surface area contributed by atoms with E-state index in [0.29, 0.717) is 16.3 Å². The highest BCUT2D eigenvalue weighted by Gasteiger charge is 2.19. The predicted molar refractivity (Wildman–Crippen MR) is 82.1 cm³/mol. The summed E-state index contributed by atoms with van der Waals surface area (Å²) >= 11 is 4.41. The molecule has 9 heteroatoms. The van der Waals surface area contributed by atoms with Crippen LogP contribution in [0.4, 0.5) is 0 Å². The van der Waals surface area contributed by atoms with Gasteiger partial charge in [0.2, 0.25) is 5.91 Å². The van der Waals surface area contributed by atoms with Crippen molar-refractivity contribution in [2.24, 2.45) is 5.73 Å². The Morgan fingerprint density at radius 3 is 2.90 bits per heavy atom. The van der Waals surface area contributed by atoms with Crippen LogP contribution in [-0.2, 0) is 9.59 Å². The highest BCUT2D eigenvalue weighted by molar-refractivity contribution is 9.10. The van der Waals surface area contributed by atoms with Crippen LogP contribution in [0.25, 0.3) is 11.2 Å². The molecule has 0 saturated heterocycles. The van der Waals surface area contributed by atoms with Crippen molar-refractivity contribution in [2.45, 2.75) is 24.5 Å². The third kappa shape index (κ3) is 3.73. The number of imidazole rings is 1. The molecule has 0 bridgehead atoms. The zero-order chi connectivity index (χ0) is 15.6. The van der Waals surface area contributed by atoms with Crippen LogP contribution in [0, 0.1) is 0 Å². The number of aliphatic carboxylic acids is 1. The molecule has 2 heterocycles. The number of primary amides is 1. The van der Waals surface area contributed by atoms with Gasteiger partial charge in [0.1, 0.15) is 5.52 Å². The molecular formula is C12H13BrN4O3S. The topological polar surface area (TPSA) is 111 Å². The van der Waals surface area contributed by atoms with Gasteiger partial charge in [-0.05, 0) is 28.9 Å². The molecule has 2 rings (SSSR count). The summed E-state index contributed by atoms with van der Waals surface area (Å²) in [5.74, 6) is -1.49. The van der Waals surface area contributed by atoms with Gasteiger partial charge in [0.05, 0.1) is 5.75 Å². The minimum Gasteiger partial charge on any atom is -0.481 e. The van der Waals surface area contributed by atoms with Crippen molar-refractivity contribution in [3.8, 4) is 0 Å². The van der Waals surface area contributed by atoms with E-state index in [1.807, 2.05) is 6.92 Å². The van der Waals surface area contributed by atoms with Crippen LogP contribution in [-0.4, -0.2) is 37.3 Å². The summed E-state index contributed by atoms with van der Waals surface area (Å²) in [4.78, 5) is 30.6. The standard InChI is InChI=1S/C12H13BrN4O3S/c1-6(2-9(14)18)17-11-8(3-7(13)4-15-11)16-12(17)21-5-10(19)20/h3-4,6H,2,5H2,1H3,(H2,14,18)(H,19,20). The molecule has 0 aliphatic heterocycles. The SMILES string of the molecule is CC(CC(N)=O)n1c(SCC(=O)O)nc2cc(Br)cnc21. The monoisotopic (exact) mass is 372 g/mol. The zero-order valence-electron chi connectivity index (χ0n) is 11.1. The maximum atomic E-state index is 11.1.